The molecule has 40 heavy (non-hydrogen) atoms. The topological polar surface area (TPSA) is 156 Å². The van der Waals surface area contributed by atoms with Crippen LogP contribution in [0, 0.1) is 5.92 Å². The number of aliphatic hydroxyl groups is 1. The molecule has 1 fully saturated rings. The van der Waals surface area contributed by atoms with Gasteiger partial charge in [0.1, 0.15) is 23.5 Å². The van der Waals surface area contributed by atoms with Gasteiger partial charge >= 0.3 is 0 Å². The van der Waals surface area contributed by atoms with Gasteiger partial charge in [-0.15, -0.1) is 0 Å². The predicted octanol–water partition coefficient (Wildman–Crippen LogP) is 3.87. The molecule has 3 aliphatic rings. The summed E-state index contributed by atoms with van der Waals surface area (Å²) in [6.07, 6.45) is 5.86. The third-order valence-electron chi connectivity index (χ3n) is 7.86. The fraction of sp³-hybridized carbons (Fsp3) is 0.516. The van der Waals surface area contributed by atoms with Gasteiger partial charge in [0.2, 0.25) is 5.78 Å². The number of phenolic OH excluding ortho intramolecular Hbond substituents is 2. The number of phenols is 2. The van der Waals surface area contributed by atoms with E-state index in [-0.39, 0.29) is 51.6 Å². The van der Waals surface area contributed by atoms with Gasteiger partial charge in [-0.2, -0.15) is 0 Å². The van der Waals surface area contributed by atoms with Crippen LogP contribution >= 0.6 is 0 Å². The van der Waals surface area contributed by atoms with E-state index in [1.165, 1.54) is 7.11 Å². The molecule has 0 aromatic heterocycles. The first-order chi connectivity index (χ1) is 19.1. The molecule has 0 spiro atoms. The van der Waals surface area contributed by atoms with Gasteiger partial charge < -0.3 is 35.3 Å². The van der Waals surface area contributed by atoms with E-state index < -0.39 is 17.7 Å². The molecule has 2 aromatic carbocycles. The first-order valence-electron chi connectivity index (χ1n) is 14.0. The molecular weight excluding hydrogens is 514 g/mol. The molecule has 0 radical (unpaired) electrons. The highest BCUT2D eigenvalue weighted by molar-refractivity contribution is 6.31. The Morgan fingerprint density at radius 1 is 1.05 bits per heavy atom. The summed E-state index contributed by atoms with van der Waals surface area (Å²) >= 11 is 0. The van der Waals surface area contributed by atoms with Crippen LogP contribution in [0.4, 0.5) is 0 Å². The van der Waals surface area contributed by atoms with E-state index in [1.807, 2.05) is 13.8 Å². The Morgan fingerprint density at radius 3 is 2.27 bits per heavy atom. The van der Waals surface area contributed by atoms with Crippen molar-refractivity contribution in [1.29, 1.82) is 0 Å². The second kappa shape index (κ2) is 13.9. The minimum Gasteiger partial charge on any atom is -0.507 e. The SMILES string of the molecule is CC1OCCC(N)C1O.CCC1CCc2c(O)c3c(c(O)c2C1)C(=O)c1cccc(OC)c1C3=O.CCCC=O. The minimum atomic E-state index is -0.486. The highest BCUT2D eigenvalue weighted by Crippen LogP contribution is 2.47. The average Bonchev–Trinajstić information content (AvgIpc) is 2.96. The minimum absolute atomic E-state index is 0.0799. The maximum Gasteiger partial charge on any atom is 0.202 e. The number of carbonyl (C=O) groups excluding carboxylic acids is 3. The molecule has 2 aromatic rings. The number of ether oxygens (including phenoxy) is 2. The van der Waals surface area contributed by atoms with Crippen molar-refractivity contribution in [2.75, 3.05) is 13.7 Å². The molecule has 218 valence electrons. The fourth-order valence-electron chi connectivity index (χ4n) is 5.35. The summed E-state index contributed by atoms with van der Waals surface area (Å²) in [5.74, 6) is -0.584. The van der Waals surface area contributed by atoms with Crippen molar-refractivity contribution in [1.82, 2.24) is 0 Å². The van der Waals surface area contributed by atoms with Crippen molar-refractivity contribution in [2.24, 2.45) is 11.7 Å². The second-order valence-corrected chi connectivity index (χ2v) is 10.4. The molecule has 5 N–H and O–H groups in total. The van der Waals surface area contributed by atoms with Gasteiger partial charge in [-0.3, -0.25) is 9.59 Å². The number of aliphatic hydroxyl groups excluding tert-OH is 1. The number of hydrogen-bond acceptors (Lipinski definition) is 9. The largest absolute Gasteiger partial charge is 0.507 e. The van der Waals surface area contributed by atoms with Crippen molar-refractivity contribution >= 4 is 17.9 Å². The molecule has 1 aliphatic heterocycles. The van der Waals surface area contributed by atoms with Crippen LogP contribution < -0.4 is 10.5 Å². The Bertz CT molecular complexity index is 1230. The van der Waals surface area contributed by atoms with E-state index in [2.05, 4.69) is 6.92 Å². The zero-order valence-corrected chi connectivity index (χ0v) is 23.7. The first-order valence-corrected chi connectivity index (χ1v) is 14.0. The monoisotopic (exact) mass is 555 g/mol. The molecule has 9 nitrogen and oxygen atoms in total. The summed E-state index contributed by atoms with van der Waals surface area (Å²) in [6.45, 7) is 6.58. The quantitative estimate of drug-likeness (QED) is 0.277. The first kappa shape index (κ1) is 31.3. The van der Waals surface area contributed by atoms with E-state index in [0.29, 0.717) is 42.9 Å². The lowest BCUT2D eigenvalue weighted by Crippen LogP contribution is -2.47. The van der Waals surface area contributed by atoms with Gasteiger partial charge in [0.25, 0.3) is 0 Å². The van der Waals surface area contributed by atoms with Gasteiger partial charge in [-0.05, 0) is 51.0 Å². The highest BCUT2D eigenvalue weighted by atomic mass is 16.5. The maximum atomic E-state index is 13.1. The van der Waals surface area contributed by atoms with Gasteiger partial charge in [-0.25, -0.2) is 0 Å². The number of hydrogen-bond donors (Lipinski definition) is 4. The second-order valence-electron chi connectivity index (χ2n) is 10.4. The highest BCUT2D eigenvalue weighted by Gasteiger charge is 2.40. The molecule has 5 rings (SSSR count). The maximum absolute atomic E-state index is 13.1. The molecular formula is C31H41NO8. The molecule has 4 atom stereocenters. The number of fused-ring (bicyclic) bond motifs is 3. The van der Waals surface area contributed by atoms with Crippen LogP contribution in [0.5, 0.6) is 17.2 Å². The average molecular weight is 556 g/mol. The molecule has 9 heteroatoms. The smallest absolute Gasteiger partial charge is 0.202 e. The molecule has 1 saturated heterocycles. The molecule has 1 heterocycles. The molecule has 4 unspecified atom stereocenters. The van der Waals surface area contributed by atoms with Crippen LogP contribution in [0.3, 0.4) is 0 Å². The third-order valence-corrected chi connectivity index (χ3v) is 7.86. The van der Waals surface area contributed by atoms with Gasteiger partial charge in [0.05, 0.1) is 36.0 Å². The van der Waals surface area contributed by atoms with E-state index in [4.69, 9.17) is 15.2 Å². The fourth-order valence-corrected chi connectivity index (χ4v) is 5.35. The number of aldehydes is 1. The Morgan fingerprint density at radius 2 is 1.73 bits per heavy atom. The Kier molecular flexibility index (Phi) is 10.8. The number of methoxy groups -OCH3 is 1. The van der Waals surface area contributed by atoms with Crippen molar-refractivity contribution in [3.05, 3.63) is 51.6 Å². The predicted molar refractivity (Wildman–Crippen MR) is 150 cm³/mol. The molecule has 2 aliphatic carbocycles. The molecule has 0 amide bonds. The van der Waals surface area contributed by atoms with Crippen LogP contribution in [0.2, 0.25) is 0 Å². The van der Waals surface area contributed by atoms with Crippen molar-refractivity contribution in [3.63, 3.8) is 0 Å². The number of unbranched alkanes of at least 4 members (excludes halogenated alkanes) is 1. The van der Waals surface area contributed by atoms with Crippen LogP contribution in [0.1, 0.15) is 95.8 Å². The van der Waals surface area contributed by atoms with Crippen molar-refractivity contribution in [3.8, 4) is 17.2 Å². The Hall–Kier alpha value is -3.27. The van der Waals surface area contributed by atoms with E-state index in [1.54, 1.807) is 18.2 Å². The standard InChI is InChI=1S/C21H20O5.C6H13NO2.C4H8O/c1-3-10-7-8-11-13(9-10)20(24)16-17(18(11)22)21(25)15-12(19(16)23)5-4-6-14(15)26-2;1-4-6(8)5(7)2-3-9-4;1-2-3-4-5/h4-6,10,22,24H,3,7-9H2,1-2H3;4-6,8H,2-3,7H2,1H3;4H,2-3H2,1H3. The number of aromatic hydroxyl groups is 2. The normalized spacial score (nSPS) is 22.9. The van der Waals surface area contributed by atoms with Gasteiger partial charge in [-0.1, -0.05) is 32.4 Å². The third kappa shape index (κ3) is 6.22. The summed E-state index contributed by atoms with van der Waals surface area (Å²) < 4.78 is 10.4. The van der Waals surface area contributed by atoms with Crippen LogP contribution in [-0.2, 0) is 22.4 Å². The van der Waals surface area contributed by atoms with Crippen LogP contribution in [-0.4, -0.2) is 65.1 Å². The summed E-state index contributed by atoms with van der Waals surface area (Å²) in [5, 5.41) is 30.9. The number of carbonyl (C=O) groups is 3. The van der Waals surface area contributed by atoms with Crippen molar-refractivity contribution in [2.45, 2.75) is 84.0 Å². The van der Waals surface area contributed by atoms with Gasteiger partial charge in [0.15, 0.2) is 5.78 Å². The van der Waals surface area contributed by atoms with E-state index in [9.17, 15) is 29.7 Å². The number of benzene rings is 2. The Labute approximate surface area is 235 Å². The molecule has 0 bridgehead atoms. The zero-order valence-electron chi connectivity index (χ0n) is 23.7. The lowest BCUT2D eigenvalue weighted by molar-refractivity contribution is -0.107. The number of rotatable bonds is 4. The van der Waals surface area contributed by atoms with Crippen LogP contribution in [0.25, 0.3) is 0 Å². The molecule has 0 saturated carbocycles. The summed E-state index contributed by atoms with van der Waals surface area (Å²) in [6, 6.07) is 4.70. The van der Waals surface area contributed by atoms with Crippen LogP contribution in [0.15, 0.2) is 18.2 Å². The summed E-state index contributed by atoms with van der Waals surface area (Å²) in [5.41, 5.74) is 6.89. The number of ketones is 2. The lowest BCUT2D eigenvalue weighted by Gasteiger charge is -2.30. The zero-order chi connectivity index (χ0) is 29.6. The van der Waals surface area contributed by atoms with E-state index >= 15 is 0 Å². The van der Waals surface area contributed by atoms with Crippen molar-refractivity contribution < 1.29 is 39.2 Å². The number of nitrogens with two attached hydrogens (primary N) is 1. The van der Waals surface area contributed by atoms with E-state index in [0.717, 1.165) is 32.0 Å². The summed E-state index contributed by atoms with van der Waals surface area (Å²) in [4.78, 5) is 35.6. The lowest BCUT2D eigenvalue weighted by atomic mass is 9.75. The van der Waals surface area contributed by atoms with Gasteiger partial charge in [0, 0.05) is 35.8 Å². The Balaban J connectivity index is 0.000000260. The summed E-state index contributed by atoms with van der Waals surface area (Å²) in [7, 11) is 1.43.